The summed E-state index contributed by atoms with van der Waals surface area (Å²) in [5, 5.41) is 3.15. The van der Waals surface area contributed by atoms with Gasteiger partial charge in [0, 0.05) is 23.2 Å². The molecule has 0 atom stereocenters. The van der Waals surface area contributed by atoms with E-state index in [1.54, 1.807) is 24.4 Å². The third-order valence-corrected chi connectivity index (χ3v) is 2.81. The second-order valence-electron chi connectivity index (χ2n) is 4.37. The summed E-state index contributed by atoms with van der Waals surface area (Å²) in [5.74, 6) is 0. The number of aryl methyl sites for hydroxylation is 2. The van der Waals surface area contributed by atoms with Crippen molar-refractivity contribution in [1.82, 2.24) is 5.32 Å². The second-order valence-corrected chi connectivity index (χ2v) is 4.37. The van der Waals surface area contributed by atoms with Crippen LogP contribution >= 0.6 is 0 Å². The van der Waals surface area contributed by atoms with Crippen LogP contribution in [0.5, 0.6) is 0 Å². The smallest absolute Gasteiger partial charge is 0.0383 e. The van der Waals surface area contributed by atoms with Crippen molar-refractivity contribution < 1.29 is 0 Å². The molecule has 1 rings (SSSR count). The normalized spacial score (nSPS) is 11.6. The Kier molecular flexibility index (Phi) is 5.68. The molecule has 2 nitrogen and oxygen atoms in total. The Bertz CT molecular complexity index is 522. The molecule has 0 saturated carbocycles. The van der Waals surface area contributed by atoms with Crippen LogP contribution in [0.25, 0.3) is 5.70 Å². The van der Waals surface area contributed by atoms with E-state index in [1.165, 1.54) is 11.1 Å². The van der Waals surface area contributed by atoms with Gasteiger partial charge in [-0.05, 0) is 31.1 Å². The van der Waals surface area contributed by atoms with E-state index < -0.39 is 0 Å². The first-order valence-corrected chi connectivity index (χ1v) is 6.38. The predicted molar refractivity (Wildman–Crippen MR) is 84.3 cm³/mol. The van der Waals surface area contributed by atoms with Gasteiger partial charge < -0.3 is 11.1 Å². The van der Waals surface area contributed by atoms with Gasteiger partial charge in [-0.2, -0.15) is 0 Å². The minimum atomic E-state index is 0.648. The zero-order valence-electron chi connectivity index (χ0n) is 11.7. The van der Waals surface area contributed by atoms with Crippen molar-refractivity contribution in [3.63, 3.8) is 0 Å². The molecule has 1 aromatic rings. The Labute approximate surface area is 116 Å². The zero-order valence-corrected chi connectivity index (χ0v) is 11.7. The molecule has 0 bridgehead atoms. The topological polar surface area (TPSA) is 38.0 Å². The van der Waals surface area contributed by atoms with Crippen LogP contribution in [0.2, 0.25) is 0 Å². The van der Waals surface area contributed by atoms with E-state index in [-0.39, 0.29) is 0 Å². The summed E-state index contributed by atoms with van der Waals surface area (Å²) < 4.78 is 0. The van der Waals surface area contributed by atoms with E-state index in [2.05, 4.69) is 50.5 Å². The molecule has 0 spiro atoms. The Morgan fingerprint density at radius 2 is 2.16 bits per heavy atom. The fraction of sp³-hybridized carbons (Fsp3) is 0.176. The molecule has 1 aromatic carbocycles. The quantitative estimate of drug-likeness (QED) is 0.760. The highest BCUT2D eigenvalue weighted by molar-refractivity contribution is 5.66. The summed E-state index contributed by atoms with van der Waals surface area (Å²) in [7, 11) is 0. The van der Waals surface area contributed by atoms with Crippen molar-refractivity contribution in [2.45, 2.75) is 20.3 Å². The highest BCUT2D eigenvalue weighted by Gasteiger charge is 2.03. The number of nitrogens with two attached hydrogens (primary N) is 1. The molecule has 0 aromatic heterocycles. The molecular weight excluding hydrogens is 232 g/mol. The zero-order chi connectivity index (χ0) is 14.3. The van der Waals surface area contributed by atoms with Gasteiger partial charge in [0.05, 0.1) is 0 Å². The molecule has 0 aliphatic rings. The average Bonchev–Trinajstić information content (AvgIpc) is 2.38. The summed E-state index contributed by atoms with van der Waals surface area (Å²) in [5.41, 5.74) is 10.9. The minimum absolute atomic E-state index is 0.648. The summed E-state index contributed by atoms with van der Waals surface area (Å²) in [6.45, 7) is 11.9. The third-order valence-electron chi connectivity index (χ3n) is 2.81. The van der Waals surface area contributed by atoms with Gasteiger partial charge >= 0.3 is 0 Å². The van der Waals surface area contributed by atoms with Gasteiger partial charge in [0.15, 0.2) is 0 Å². The van der Waals surface area contributed by atoms with Crippen molar-refractivity contribution in [1.29, 1.82) is 0 Å². The monoisotopic (exact) mass is 254 g/mol. The van der Waals surface area contributed by atoms with Crippen molar-refractivity contribution in [3.05, 3.63) is 78.2 Å². The van der Waals surface area contributed by atoms with Crippen LogP contribution in [0.15, 0.2) is 61.5 Å². The summed E-state index contributed by atoms with van der Waals surface area (Å²) in [6.07, 6.45) is 7.96. The molecule has 0 fully saturated rings. The van der Waals surface area contributed by atoms with Crippen LogP contribution in [0, 0.1) is 6.92 Å². The molecule has 0 radical (unpaired) electrons. The van der Waals surface area contributed by atoms with Crippen LogP contribution < -0.4 is 11.1 Å². The predicted octanol–water partition coefficient (Wildman–Crippen LogP) is 3.66. The van der Waals surface area contributed by atoms with Gasteiger partial charge in [-0.25, -0.2) is 0 Å². The van der Waals surface area contributed by atoms with Crippen LogP contribution in [-0.4, -0.2) is 0 Å². The molecular formula is C17H22N2. The molecule has 0 unspecified atom stereocenters. The highest BCUT2D eigenvalue weighted by Crippen LogP contribution is 2.18. The standard InChI is InChI=1S/C17H22N2/c1-5-7-16(18)10-11-19-14(4)17-9-8-13(3)12-15(17)6-2/h5,7-12,19H,1,4,6,18H2,2-3H3/b11-10+,16-7+. The number of nitrogens with one attached hydrogen (secondary N) is 1. The van der Waals surface area contributed by atoms with E-state index in [0.29, 0.717) is 5.70 Å². The first kappa shape index (κ1) is 14.8. The fourth-order valence-corrected chi connectivity index (χ4v) is 1.82. The SMILES string of the molecule is C=C/C=C(N)\C=C\NC(=C)c1ccc(C)cc1CC. The Morgan fingerprint density at radius 3 is 2.79 bits per heavy atom. The van der Waals surface area contributed by atoms with E-state index in [9.17, 15) is 0 Å². The maximum atomic E-state index is 5.72. The number of allylic oxidation sites excluding steroid dienone is 3. The van der Waals surface area contributed by atoms with Crippen LogP contribution in [0.1, 0.15) is 23.6 Å². The number of hydrogen-bond acceptors (Lipinski definition) is 2. The van der Waals surface area contributed by atoms with Gasteiger partial charge in [0.2, 0.25) is 0 Å². The first-order valence-electron chi connectivity index (χ1n) is 6.38. The number of rotatable bonds is 6. The molecule has 3 N–H and O–H groups in total. The number of benzene rings is 1. The van der Waals surface area contributed by atoms with Gasteiger partial charge in [-0.3, -0.25) is 0 Å². The highest BCUT2D eigenvalue weighted by atomic mass is 14.8. The van der Waals surface area contributed by atoms with Crippen LogP contribution in [0.3, 0.4) is 0 Å². The Balaban J connectivity index is 2.79. The largest absolute Gasteiger partial charge is 0.399 e. The van der Waals surface area contributed by atoms with Gasteiger partial charge in [-0.15, -0.1) is 0 Å². The van der Waals surface area contributed by atoms with Crippen molar-refractivity contribution in [2.75, 3.05) is 0 Å². The molecule has 0 saturated heterocycles. The lowest BCUT2D eigenvalue weighted by Crippen LogP contribution is -2.06. The molecule has 100 valence electrons. The molecule has 0 heterocycles. The van der Waals surface area contributed by atoms with E-state index in [1.807, 2.05) is 0 Å². The van der Waals surface area contributed by atoms with Gasteiger partial charge in [-0.1, -0.05) is 49.9 Å². The van der Waals surface area contributed by atoms with E-state index in [4.69, 9.17) is 5.73 Å². The molecule has 19 heavy (non-hydrogen) atoms. The summed E-state index contributed by atoms with van der Waals surface area (Å²) in [6, 6.07) is 6.38. The van der Waals surface area contributed by atoms with Crippen molar-refractivity contribution in [3.8, 4) is 0 Å². The van der Waals surface area contributed by atoms with E-state index in [0.717, 1.165) is 17.7 Å². The first-order chi connectivity index (χ1) is 9.08. The van der Waals surface area contributed by atoms with Crippen LogP contribution in [-0.2, 0) is 6.42 Å². The maximum absolute atomic E-state index is 5.72. The lowest BCUT2D eigenvalue weighted by atomic mass is 10.0. The molecule has 2 heteroatoms. The van der Waals surface area contributed by atoms with Gasteiger partial charge in [0.1, 0.15) is 0 Å². The van der Waals surface area contributed by atoms with Crippen LogP contribution in [0.4, 0.5) is 0 Å². The lowest BCUT2D eigenvalue weighted by Gasteiger charge is -2.11. The average molecular weight is 254 g/mol. The fourth-order valence-electron chi connectivity index (χ4n) is 1.82. The van der Waals surface area contributed by atoms with Crippen molar-refractivity contribution in [2.24, 2.45) is 5.73 Å². The molecule has 0 aliphatic carbocycles. The van der Waals surface area contributed by atoms with Gasteiger partial charge in [0.25, 0.3) is 0 Å². The second kappa shape index (κ2) is 7.27. The summed E-state index contributed by atoms with van der Waals surface area (Å²) >= 11 is 0. The molecule has 0 aliphatic heterocycles. The Morgan fingerprint density at radius 1 is 1.42 bits per heavy atom. The summed E-state index contributed by atoms with van der Waals surface area (Å²) in [4.78, 5) is 0. The number of hydrogen-bond donors (Lipinski definition) is 2. The maximum Gasteiger partial charge on any atom is 0.0383 e. The Hall–Kier alpha value is -2.22. The lowest BCUT2D eigenvalue weighted by molar-refractivity contribution is 1.10. The minimum Gasteiger partial charge on any atom is -0.399 e. The van der Waals surface area contributed by atoms with Crippen molar-refractivity contribution >= 4 is 5.70 Å². The van der Waals surface area contributed by atoms with E-state index >= 15 is 0 Å². The third kappa shape index (κ3) is 4.51. The molecule has 0 amide bonds.